The number of hydrogen-bond acceptors (Lipinski definition) is 4. The number of aromatic nitrogens is 4. The number of aryl methyl sites for hydroxylation is 1. The summed E-state index contributed by atoms with van der Waals surface area (Å²) in [5.41, 5.74) is 4.93. The molecule has 0 N–H and O–H groups in total. The largest absolute Gasteiger partial charge is 0.437 e. The van der Waals surface area contributed by atoms with E-state index in [1.54, 1.807) is 0 Å². The lowest BCUT2D eigenvalue weighted by atomic mass is 10.1. The number of pyridine rings is 1. The molecule has 5 rings (SSSR count). The van der Waals surface area contributed by atoms with Gasteiger partial charge in [0, 0.05) is 17.3 Å². The first-order valence-corrected chi connectivity index (χ1v) is 9.45. The Morgan fingerprint density at radius 2 is 1.73 bits per heavy atom. The summed E-state index contributed by atoms with van der Waals surface area (Å²) in [6.07, 6.45) is 1.98. The summed E-state index contributed by atoms with van der Waals surface area (Å²) in [6.45, 7) is 2.18. The highest BCUT2D eigenvalue weighted by atomic mass is 19.1. The monoisotopic (exact) mass is 400 g/mol. The van der Waals surface area contributed by atoms with Crippen molar-refractivity contribution in [3.8, 4) is 22.7 Å². The van der Waals surface area contributed by atoms with Crippen molar-refractivity contribution in [2.24, 2.45) is 0 Å². The molecule has 7 heteroatoms. The summed E-state index contributed by atoms with van der Waals surface area (Å²) in [4.78, 5) is 17.3. The number of hydrogen-bond donors (Lipinski definition) is 0. The maximum atomic E-state index is 13.2. The van der Waals surface area contributed by atoms with Crippen LogP contribution in [0, 0.1) is 12.7 Å². The molecule has 5 aromatic rings. The van der Waals surface area contributed by atoms with Crippen molar-refractivity contribution in [2.75, 3.05) is 0 Å². The molecule has 3 aromatic heterocycles. The smallest absolute Gasteiger partial charge is 0.388 e. The van der Waals surface area contributed by atoms with Gasteiger partial charge in [-0.2, -0.15) is 4.68 Å². The first-order chi connectivity index (χ1) is 14.6. The van der Waals surface area contributed by atoms with Gasteiger partial charge >= 0.3 is 5.76 Å². The van der Waals surface area contributed by atoms with Gasteiger partial charge in [-0.15, -0.1) is 5.10 Å². The second-order valence-electron chi connectivity index (χ2n) is 7.05. The fourth-order valence-electron chi connectivity index (χ4n) is 3.43. The van der Waals surface area contributed by atoms with Crippen LogP contribution in [-0.2, 0) is 6.54 Å². The zero-order valence-corrected chi connectivity index (χ0v) is 16.1. The Balaban J connectivity index is 1.63. The second-order valence-corrected chi connectivity index (χ2v) is 7.05. The molecule has 0 spiro atoms. The molecule has 2 aromatic carbocycles. The van der Waals surface area contributed by atoms with E-state index in [1.165, 1.54) is 28.9 Å². The molecule has 30 heavy (non-hydrogen) atoms. The molecule has 6 nitrogen and oxygen atoms in total. The molecule has 0 aliphatic carbocycles. The van der Waals surface area contributed by atoms with Crippen LogP contribution in [0.5, 0.6) is 0 Å². The Labute approximate surface area is 170 Å². The van der Waals surface area contributed by atoms with Gasteiger partial charge in [-0.05, 0) is 42.8 Å². The van der Waals surface area contributed by atoms with Crippen molar-refractivity contribution >= 4 is 5.65 Å². The number of nitrogens with zero attached hydrogens (tertiary/aromatic N) is 4. The third kappa shape index (κ3) is 3.20. The van der Waals surface area contributed by atoms with E-state index in [-0.39, 0.29) is 18.3 Å². The third-order valence-corrected chi connectivity index (χ3v) is 4.91. The maximum Gasteiger partial charge on any atom is 0.437 e. The summed E-state index contributed by atoms with van der Waals surface area (Å²) < 4.78 is 21.7. The van der Waals surface area contributed by atoms with Gasteiger partial charge in [0.05, 0.1) is 17.9 Å². The van der Waals surface area contributed by atoms with Crippen molar-refractivity contribution in [1.82, 2.24) is 19.2 Å². The zero-order chi connectivity index (χ0) is 20.7. The number of halogens is 1. The number of benzene rings is 2. The molecule has 0 radical (unpaired) electrons. The predicted octanol–water partition coefficient (Wildman–Crippen LogP) is 4.31. The van der Waals surface area contributed by atoms with Crippen LogP contribution >= 0.6 is 0 Å². The summed E-state index contributed by atoms with van der Waals surface area (Å²) in [5.74, 6) is -0.809. The molecular formula is C23H17FN4O2. The lowest BCUT2D eigenvalue weighted by Crippen LogP contribution is -2.18. The molecule has 148 valence electrons. The number of imidazole rings is 1. The topological polar surface area (TPSA) is 65.3 Å². The Kier molecular flexibility index (Phi) is 4.28. The Bertz CT molecular complexity index is 1400. The van der Waals surface area contributed by atoms with E-state index in [9.17, 15) is 9.18 Å². The fraction of sp³-hybridized carbons (Fsp3) is 0.0870. The lowest BCUT2D eigenvalue weighted by Gasteiger charge is -2.05. The minimum absolute atomic E-state index is 0.145. The van der Waals surface area contributed by atoms with Gasteiger partial charge in [-0.3, -0.25) is 0 Å². The Morgan fingerprint density at radius 3 is 2.50 bits per heavy atom. The van der Waals surface area contributed by atoms with E-state index >= 15 is 0 Å². The minimum Gasteiger partial charge on any atom is -0.388 e. The fourth-order valence-corrected chi connectivity index (χ4v) is 3.43. The van der Waals surface area contributed by atoms with Crippen LogP contribution in [0.25, 0.3) is 28.4 Å². The van der Waals surface area contributed by atoms with Crippen LogP contribution in [0.4, 0.5) is 4.39 Å². The molecular weight excluding hydrogens is 383 g/mol. The normalized spacial score (nSPS) is 11.3. The van der Waals surface area contributed by atoms with Gasteiger partial charge in [-0.25, -0.2) is 14.2 Å². The molecule has 3 heterocycles. The van der Waals surface area contributed by atoms with E-state index in [4.69, 9.17) is 9.40 Å². The van der Waals surface area contributed by atoms with E-state index in [1.807, 2.05) is 60.0 Å². The average molecular weight is 400 g/mol. The first kappa shape index (κ1) is 18.1. The summed E-state index contributed by atoms with van der Waals surface area (Å²) >= 11 is 0. The van der Waals surface area contributed by atoms with Crippen LogP contribution in [0.15, 0.2) is 82.1 Å². The third-order valence-electron chi connectivity index (χ3n) is 4.91. The van der Waals surface area contributed by atoms with Gasteiger partial charge in [0.15, 0.2) is 0 Å². The van der Waals surface area contributed by atoms with Crippen molar-refractivity contribution in [3.63, 3.8) is 0 Å². The maximum absolute atomic E-state index is 13.2. The SMILES string of the molecule is Cc1ccc2nc(-c3ccccc3)c(Cn3nc(-c4ccc(F)cc4)oc3=O)n2c1. The second kappa shape index (κ2) is 7.11. The van der Waals surface area contributed by atoms with Gasteiger partial charge in [0.1, 0.15) is 11.5 Å². The van der Waals surface area contributed by atoms with Crippen molar-refractivity contribution in [1.29, 1.82) is 0 Å². The predicted molar refractivity (Wildman–Crippen MR) is 111 cm³/mol. The molecule has 0 atom stereocenters. The summed E-state index contributed by atoms with van der Waals surface area (Å²) in [6, 6.07) is 19.4. The molecule has 0 aliphatic heterocycles. The highest BCUT2D eigenvalue weighted by molar-refractivity contribution is 5.66. The van der Waals surface area contributed by atoms with Gasteiger partial charge in [-0.1, -0.05) is 36.4 Å². The summed E-state index contributed by atoms with van der Waals surface area (Å²) in [5, 5.41) is 4.32. The summed E-state index contributed by atoms with van der Waals surface area (Å²) in [7, 11) is 0. The van der Waals surface area contributed by atoms with Gasteiger partial charge in [0.25, 0.3) is 0 Å². The lowest BCUT2D eigenvalue weighted by molar-refractivity contribution is 0.493. The minimum atomic E-state index is -0.587. The van der Waals surface area contributed by atoms with Crippen LogP contribution in [-0.4, -0.2) is 19.2 Å². The first-order valence-electron chi connectivity index (χ1n) is 9.45. The van der Waals surface area contributed by atoms with Crippen molar-refractivity contribution < 1.29 is 8.81 Å². The van der Waals surface area contributed by atoms with E-state index < -0.39 is 5.76 Å². The number of fused-ring (bicyclic) bond motifs is 1. The van der Waals surface area contributed by atoms with Crippen LogP contribution < -0.4 is 5.76 Å². The number of rotatable bonds is 4. The average Bonchev–Trinajstić information content (AvgIpc) is 3.30. The highest BCUT2D eigenvalue weighted by Gasteiger charge is 2.18. The standard InChI is InChI=1S/C23H17FN4O2/c1-15-7-12-20-25-21(16-5-3-2-4-6-16)19(27(20)13-15)14-28-23(29)30-22(26-28)17-8-10-18(24)11-9-17/h2-13H,14H2,1H3. The Hall–Kier alpha value is -4.00. The van der Waals surface area contributed by atoms with Gasteiger partial charge < -0.3 is 8.82 Å². The zero-order valence-electron chi connectivity index (χ0n) is 16.1. The Morgan fingerprint density at radius 1 is 0.967 bits per heavy atom. The molecule has 0 saturated heterocycles. The molecule has 0 bridgehead atoms. The van der Waals surface area contributed by atoms with Crippen LogP contribution in [0.3, 0.4) is 0 Å². The van der Waals surface area contributed by atoms with E-state index in [0.717, 1.165) is 28.2 Å². The molecule has 0 unspecified atom stereocenters. The van der Waals surface area contributed by atoms with E-state index in [0.29, 0.717) is 5.56 Å². The van der Waals surface area contributed by atoms with Crippen LogP contribution in [0.1, 0.15) is 11.3 Å². The molecule has 0 aliphatic rings. The molecule has 0 fully saturated rings. The quantitative estimate of drug-likeness (QED) is 0.451. The molecule has 0 saturated carbocycles. The molecule has 0 amide bonds. The van der Waals surface area contributed by atoms with Crippen LogP contribution in [0.2, 0.25) is 0 Å². The van der Waals surface area contributed by atoms with Crippen molar-refractivity contribution in [3.05, 3.63) is 101 Å². The van der Waals surface area contributed by atoms with Gasteiger partial charge in [0.2, 0.25) is 5.89 Å². The van der Waals surface area contributed by atoms with E-state index in [2.05, 4.69) is 5.10 Å². The highest BCUT2D eigenvalue weighted by Crippen LogP contribution is 2.25. The van der Waals surface area contributed by atoms with Crippen molar-refractivity contribution in [2.45, 2.75) is 13.5 Å².